The normalized spacial score (nSPS) is 40.9. The van der Waals surface area contributed by atoms with Crippen molar-refractivity contribution in [1.82, 2.24) is 0 Å². The second-order valence-corrected chi connectivity index (χ2v) is 7.08. The summed E-state index contributed by atoms with van der Waals surface area (Å²) in [6.07, 6.45) is 2.10. The van der Waals surface area contributed by atoms with E-state index in [-0.39, 0.29) is 23.4 Å². The minimum Gasteiger partial charge on any atom is -0.458 e. The summed E-state index contributed by atoms with van der Waals surface area (Å²) in [6.45, 7) is 9.33. The Labute approximate surface area is 130 Å². The average molecular weight is 306 g/mol. The topological polar surface area (TPSA) is 72.8 Å². The Balaban J connectivity index is 1.93. The summed E-state index contributed by atoms with van der Waals surface area (Å²) in [5.41, 5.74) is 1.82. The van der Waals surface area contributed by atoms with Crippen LogP contribution in [-0.4, -0.2) is 28.9 Å². The molecule has 2 aliphatic carbocycles. The smallest absolute Gasteiger partial charge is 0.336 e. The third kappa shape index (κ3) is 2.10. The van der Waals surface area contributed by atoms with Crippen molar-refractivity contribution in [3.05, 3.63) is 23.3 Å². The fourth-order valence-electron chi connectivity index (χ4n) is 4.33. The lowest BCUT2D eigenvalue weighted by molar-refractivity contribution is -0.205. The van der Waals surface area contributed by atoms with E-state index in [0.29, 0.717) is 30.4 Å². The molecule has 0 bridgehead atoms. The molecule has 2 saturated carbocycles. The van der Waals surface area contributed by atoms with Gasteiger partial charge in [0.1, 0.15) is 6.10 Å². The van der Waals surface area contributed by atoms with E-state index in [1.807, 2.05) is 0 Å². The van der Waals surface area contributed by atoms with Gasteiger partial charge in [-0.2, -0.15) is 0 Å². The van der Waals surface area contributed by atoms with Crippen LogP contribution in [0.5, 0.6) is 0 Å². The van der Waals surface area contributed by atoms with E-state index in [0.717, 1.165) is 12.0 Å². The summed E-state index contributed by atoms with van der Waals surface area (Å²) in [4.78, 5) is 23.1. The van der Waals surface area contributed by atoms with Crippen molar-refractivity contribution >= 4 is 11.9 Å². The highest BCUT2D eigenvalue weighted by atomic mass is 16.7. The Bertz CT molecular complexity index is 604. The molecule has 0 aromatic heterocycles. The molecule has 22 heavy (non-hydrogen) atoms. The van der Waals surface area contributed by atoms with Crippen molar-refractivity contribution in [2.75, 3.05) is 0 Å². The number of rotatable bonds is 1. The second kappa shape index (κ2) is 4.69. The predicted molar refractivity (Wildman–Crippen MR) is 78.5 cm³/mol. The molecule has 1 aliphatic heterocycles. The molecule has 0 spiro atoms. The lowest BCUT2D eigenvalue weighted by atomic mass is 9.56. The van der Waals surface area contributed by atoms with E-state index >= 15 is 0 Å². The van der Waals surface area contributed by atoms with Crippen molar-refractivity contribution in [3.8, 4) is 0 Å². The fraction of sp³-hybridized carbons (Fsp3) is 0.647. The van der Waals surface area contributed by atoms with Crippen LogP contribution < -0.4 is 0 Å². The van der Waals surface area contributed by atoms with Gasteiger partial charge in [-0.15, -0.1) is 0 Å². The first-order valence-corrected chi connectivity index (χ1v) is 7.68. The first kappa shape index (κ1) is 15.3. The van der Waals surface area contributed by atoms with Gasteiger partial charge in [0.25, 0.3) is 0 Å². The third-order valence-electron chi connectivity index (χ3n) is 5.53. The van der Waals surface area contributed by atoms with Crippen LogP contribution >= 0.6 is 0 Å². The molecular formula is C17H22O5. The van der Waals surface area contributed by atoms with E-state index in [9.17, 15) is 14.7 Å². The van der Waals surface area contributed by atoms with Crippen LogP contribution in [-0.2, 0) is 19.1 Å². The zero-order valence-corrected chi connectivity index (χ0v) is 13.3. The van der Waals surface area contributed by atoms with Gasteiger partial charge in [-0.05, 0) is 43.1 Å². The molecule has 0 unspecified atom stereocenters. The molecule has 0 aromatic rings. The zero-order chi connectivity index (χ0) is 16.3. The quantitative estimate of drug-likeness (QED) is 0.594. The van der Waals surface area contributed by atoms with Crippen molar-refractivity contribution in [1.29, 1.82) is 0 Å². The van der Waals surface area contributed by atoms with Crippen LogP contribution in [0.25, 0.3) is 0 Å². The molecule has 120 valence electrons. The minimum absolute atomic E-state index is 0.0744. The molecule has 3 aliphatic rings. The van der Waals surface area contributed by atoms with Crippen LogP contribution in [0.15, 0.2) is 23.3 Å². The molecule has 1 heterocycles. The van der Waals surface area contributed by atoms with Crippen molar-refractivity contribution in [3.63, 3.8) is 0 Å². The SMILES string of the molecule is C=C1[C@@H](OC(C)=O)CC[C@]2(C)C[C@]3(O)OC(=O)C(C)=C3C[C@H]12. The van der Waals surface area contributed by atoms with Gasteiger partial charge in [-0.3, -0.25) is 4.79 Å². The number of carbonyl (C=O) groups excluding carboxylic acids is 2. The molecule has 0 amide bonds. The van der Waals surface area contributed by atoms with Gasteiger partial charge in [0.2, 0.25) is 5.79 Å². The highest BCUT2D eigenvalue weighted by molar-refractivity contribution is 5.92. The minimum atomic E-state index is -1.47. The first-order valence-electron chi connectivity index (χ1n) is 7.68. The van der Waals surface area contributed by atoms with Crippen LogP contribution in [0, 0.1) is 11.3 Å². The molecule has 2 fully saturated rings. The van der Waals surface area contributed by atoms with Crippen LogP contribution in [0.4, 0.5) is 0 Å². The van der Waals surface area contributed by atoms with Crippen molar-refractivity contribution in [2.45, 2.75) is 58.3 Å². The molecule has 3 rings (SSSR count). The molecule has 0 saturated heterocycles. The molecule has 1 N–H and O–H groups in total. The summed E-state index contributed by atoms with van der Waals surface area (Å²) in [6, 6.07) is 0. The number of ether oxygens (including phenoxy) is 2. The predicted octanol–water partition coefficient (Wildman–Crippen LogP) is 2.25. The Hall–Kier alpha value is -1.62. The van der Waals surface area contributed by atoms with E-state index < -0.39 is 11.8 Å². The van der Waals surface area contributed by atoms with Gasteiger partial charge < -0.3 is 14.6 Å². The number of esters is 2. The van der Waals surface area contributed by atoms with Gasteiger partial charge in [-0.1, -0.05) is 13.5 Å². The summed E-state index contributed by atoms with van der Waals surface area (Å²) < 4.78 is 10.6. The molecule has 0 radical (unpaired) electrons. The van der Waals surface area contributed by atoms with E-state index in [4.69, 9.17) is 9.47 Å². The maximum absolute atomic E-state index is 11.8. The number of aliphatic hydroxyl groups is 1. The van der Waals surface area contributed by atoms with Crippen molar-refractivity contribution in [2.24, 2.45) is 11.3 Å². The zero-order valence-electron chi connectivity index (χ0n) is 13.3. The summed E-state index contributed by atoms with van der Waals surface area (Å²) in [5, 5.41) is 10.7. The third-order valence-corrected chi connectivity index (χ3v) is 5.53. The summed E-state index contributed by atoms with van der Waals surface area (Å²) in [5.74, 6) is -2.15. The van der Waals surface area contributed by atoms with Crippen LogP contribution in [0.3, 0.4) is 0 Å². The number of carbonyl (C=O) groups is 2. The van der Waals surface area contributed by atoms with Crippen molar-refractivity contribution < 1.29 is 24.2 Å². The Morgan fingerprint density at radius 3 is 2.82 bits per heavy atom. The van der Waals surface area contributed by atoms with Gasteiger partial charge in [-0.25, -0.2) is 4.79 Å². The number of hydrogen-bond donors (Lipinski definition) is 1. The summed E-state index contributed by atoms with van der Waals surface area (Å²) in [7, 11) is 0. The average Bonchev–Trinajstić information content (AvgIpc) is 2.61. The maximum atomic E-state index is 11.8. The Morgan fingerprint density at radius 1 is 1.50 bits per heavy atom. The highest BCUT2D eigenvalue weighted by Gasteiger charge is 2.58. The van der Waals surface area contributed by atoms with Gasteiger partial charge >= 0.3 is 11.9 Å². The molecule has 5 heteroatoms. The van der Waals surface area contributed by atoms with Gasteiger partial charge in [0.15, 0.2) is 0 Å². The van der Waals surface area contributed by atoms with E-state index in [1.165, 1.54) is 6.92 Å². The lowest BCUT2D eigenvalue weighted by Gasteiger charge is -2.52. The van der Waals surface area contributed by atoms with E-state index in [1.54, 1.807) is 6.92 Å². The monoisotopic (exact) mass is 306 g/mol. The molecule has 4 atom stereocenters. The number of hydrogen-bond acceptors (Lipinski definition) is 5. The highest BCUT2D eigenvalue weighted by Crippen LogP contribution is 2.58. The summed E-state index contributed by atoms with van der Waals surface area (Å²) >= 11 is 0. The molecule has 5 nitrogen and oxygen atoms in total. The number of fused-ring (bicyclic) bond motifs is 2. The van der Waals surface area contributed by atoms with Gasteiger partial charge in [0, 0.05) is 24.5 Å². The molecule has 0 aromatic carbocycles. The fourth-order valence-corrected chi connectivity index (χ4v) is 4.33. The Morgan fingerprint density at radius 2 is 2.18 bits per heavy atom. The van der Waals surface area contributed by atoms with Crippen LogP contribution in [0.2, 0.25) is 0 Å². The van der Waals surface area contributed by atoms with Crippen LogP contribution in [0.1, 0.15) is 46.5 Å². The molecular weight excluding hydrogens is 284 g/mol. The Kier molecular flexibility index (Phi) is 3.25. The lowest BCUT2D eigenvalue weighted by Crippen LogP contribution is -2.51. The second-order valence-electron chi connectivity index (χ2n) is 7.08. The largest absolute Gasteiger partial charge is 0.458 e. The maximum Gasteiger partial charge on any atom is 0.336 e. The first-order chi connectivity index (χ1) is 10.2. The standard InChI is InChI=1S/C17H22O5/c1-9-12-7-13-10(2)15(19)22-17(13,20)8-16(12,4)6-5-14(9)21-11(3)18/h12,14,20H,1,5-8H2,2-4H3/t12-,14+,16-,17+/m1/s1. The van der Waals surface area contributed by atoms with Gasteiger partial charge in [0.05, 0.1) is 0 Å². The van der Waals surface area contributed by atoms with E-state index in [2.05, 4.69) is 13.5 Å².